The number of fused-ring (bicyclic) bond motifs is 1. The molecule has 0 amide bonds. The lowest BCUT2D eigenvalue weighted by atomic mass is 10.2. The quantitative estimate of drug-likeness (QED) is 0.800. The molecule has 0 aliphatic carbocycles. The molecule has 3 rings (SSSR count). The molecular formula is C15H16FN5. The fourth-order valence-electron chi connectivity index (χ4n) is 2.27. The minimum Gasteiger partial charge on any atom is -0.354 e. The van der Waals surface area contributed by atoms with Crippen molar-refractivity contribution in [2.75, 3.05) is 11.9 Å². The molecule has 0 radical (unpaired) electrons. The van der Waals surface area contributed by atoms with Crippen LogP contribution in [0.3, 0.4) is 0 Å². The molecule has 5 nitrogen and oxygen atoms in total. The van der Waals surface area contributed by atoms with Gasteiger partial charge in [0.25, 0.3) is 0 Å². The number of para-hydroxylation sites is 2. The number of nitrogens with one attached hydrogen (secondary N) is 1. The molecule has 3 aromatic rings. The molecule has 1 aromatic carbocycles. The van der Waals surface area contributed by atoms with Crippen molar-refractivity contribution < 1.29 is 4.39 Å². The third-order valence-corrected chi connectivity index (χ3v) is 3.36. The van der Waals surface area contributed by atoms with E-state index in [2.05, 4.69) is 20.3 Å². The molecule has 2 aromatic heterocycles. The number of aromatic nitrogens is 4. The van der Waals surface area contributed by atoms with Crippen LogP contribution in [0, 0.1) is 5.82 Å². The van der Waals surface area contributed by atoms with Gasteiger partial charge in [-0.3, -0.25) is 0 Å². The van der Waals surface area contributed by atoms with Crippen molar-refractivity contribution in [3.8, 4) is 0 Å². The number of halogens is 1. The molecule has 0 aliphatic heterocycles. The Hall–Kier alpha value is -2.50. The first kappa shape index (κ1) is 13.5. The summed E-state index contributed by atoms with van der Waals surface area (Å²) in [5.41, 5.74) is 2.27. The van der Waals surface area contributed by atoms with Crippen LogP contribution in [0.15, 0.2) is 30.5 Å². The van der Waals surface area contributed by atoms with E-state index in [1.54, 1.807) is 0 Å². The number of hydrogen-bond acceptors (Lipinski definition) is 4. The van der Waals surface area contributed by atoms with Crippen molar-refractivity contribution in [2.24, 2.45) is 7.05 Å². The fourth-order valence-corrected chi connectivity index (χ4v) is 2.27. The van der Waals surface area contributed by atoms with Crippen LogP contribution < -0.4 is 5.32 Å². The highest BCUT2D eigenvalue weighted by Gasteiger charge is 2.13. The predicted octanol–water partition coefficient (Wildman–Crippen LogP) is 2.53. The zero-order valence-corrected chi connectivity index (χ0v) is 12.0. The van der Waals surface area contributed by atoms with Crippen molar-refractivity contribution in [3.63, 3.8) is 0 Å². The topological polar surface area (TPSA) is 55.6 Å². The summed E-state index contributed by atoms with van der Waals surface area (Å²) in [6, 6.07) is 7.83. The first-order valence-electron chi connectivity index (χ1n) is 6.84. The maximum atomic E-state index is 13.9. The first-order valence-corrected chi connectivity index (χ1v) is 6.84. The number of imidazole rings is 1. The average molecular weight is 285 g/mol. The lowest BCUT2D eigenvalue weighted by molar-refractivity contribution is 0.592. The van der Waals surface area contributed by atoms with Gasteiger partial charge in [-0.15, -0.1) is 0 Å². The van der Waals surface area contributed by atoms with Gasteiger partial charge in [0.05, 0.1) is 29.3 Å². The number of benzene rings is 1. The van der Waals surface area contributed by atoms with Gasteiger partial charge in [-0.25, -0.2) is 19.3 Å². The fraction of sp³-hybridized carbons (Fsp3) is 0.267. The van der Waals surface area contributed by atoms with Gasteiger partial charge in [-0.1, -0.05) is 12.1 Å². The molecule has 0 fully saturated rings. The summed E-state index contributed by atoms with van der Waals surface area (Å²) in [4.78, 5) is 12.7. The maximum absolute atomic E-state index is 13.9. The summed E-state index contributed by atoms with van der Waals surface area (Å²) in [6.07, 6.45) is 1.53. The molecule has 6 heteroatoms. The highest BCUT2D eigenvalue weighted by atomic mass is 19.1. The molecule has 0 spiro atoms. The number of hydrogen-bond donors (Lipinski definition) is 1. The normalized spacial score (nSPS) is 11.0. The van der Waals surface area contributed by atoms with Gasteiger partial charge < -0.3 is 9.88 Å². The Kier molecular flexibility index (Phi) is 3.51. The molecule has 2 heterocycles. The third kappa shape index (κ3) is 2.56. The largest absolute Gasteiger partial charge is 0.354 e. The number of rotatable bonds is 4. The second-order valence-electron chi connectivity index (χ2n) is 4.77. The second kappa shape index (κ2) is 5.47. The Balaban J connectivity index is 1.98. The lowest BCUT2D eigenvalue weighted by Crippen LogP contribution is -2.08. The first-order chi connectivity index (χ1) is 10.2. The molecule has 0 saturated heterocycles. The van der Waals surface area contributed by atoms with E-state index in [-0.39, 0.29) is 0 Å². The summed E-state index contributed by atoms with van der Waals surface area (Å²) >= 11 is 0. The highest BCUT2D eigenvalue weighted by Crippen LogP contribution is 2.17. The molecule has 108 valence electrons. The van der Waals surface area contributed by atoms with Crippen LogP contribution in [-0.2, 0) is 13.5 Å². The highest BCUT2D eigenvalue weighted by molar-refractivity contribution is 5.75. The van der Waals surface area contributed by atoms with Crippen molar-refractivity contribution >= 4 is 17.0 Å². The maximum Gasteiger partial charge on any atom is 0.223 e. The van der Waals surface area contributed by atoms with Crippen LogP contribution >= 0.6 is 0 Å². The second-order valence-corrected chi connectivity index (χ2v) is 4.77. The van der Waals surface area contributed by atoms with Gasteiger partial charge in [0, 0.05) is 13.6 Å². The van der Waals surface area contributed by atoms with Crippen LogP contribution in [0.2, 0.25) is 0 Å². The van der Waals surface area contributed by atoms with Crippen molar-refractivity contribution in [1.29, 1.82) is 0 Å². The summed E-state index contributed by atoms with van der Waals surface area (Å²) < 4.78 is 15.9. The Morgan fingerprint density at radius 1 is 1.24 bits per heavy atom. The summed E-state index contributed by atoms with van der Waals surface area (Å²) in [6.45, 7) is 2.63. The summed E-state index contributed by atoms with van der Waals surface area (Å²) in [7, 11) is 1.93. The van der Waals surface area contributed by atoms with Gasteiger partial charge in [0.1, 0.15) is 5.82 Å². The zero-order chi connectivity index (χ0) is 14.8. The van der Waals surface area contributed by atoms with Crippen LogP contribution in [0.25, 0.3) is 11.0 Å². The average Bonchev–Trinajstić information content (AvgIpc) is 2.80. The van der Waals surface area contributed by atoms with E-state index < -0.39 is 5.82 Å². The summed E-state index contributed by atoms with van der Waals surface area (Å²) in [5, 5.41) is 2.99. The van der Waals surface area contributed by atoms with Crippen LogP contribution in [0.4, 0.5) is 10.3 Å². The van der Waals surface area contributed by atoms with Crippen molar-refractivity contribution in [1.82, 2.24) is 19.5 Å². The van der Waals surface area contributed by atoms with Gasteiger partial charge >= 0.3 is 0 Å². The molecule has 21 heavy (non-hydrogen) atoms. The van der Waals surface area contributed by atoms with Crippen molar-refractivity contribution in [2.45, 2.75) is 13.3 Å². The lowest BCUT2D eigenvalue weighted by Gasteiger charge is -2.06. The Labute approximate surface area is 121 Å². The predicted molar refractivity (Wildman–Crippen MR) is 79.7 cm³/mol. The Morgan fingerprint density at radius 2 is 2.05 bits per heavy atom. The molecule has 0 aliphatic rings. The molecule has 0 atom stereocenters. The van der Waals surface area contributed by atoms with Gasteiger partial charge in [-0.2, -0.15) is 0 Å². The standard InChI is InChI=1S/C15H16FN5/c1-3-17-15-18-9-10(16)12(20-15)8-14-19-11-6-4-5-7-13(11)21(14)2/h4-7,9H,3,8H2,1-2H3,(H,17,18,20). The van der Waals surface area contributed by atoms with E-state index in [1.165, 1.54) is 6.20 Å². The minimum absolute atomic E-state index is 0.331. The zero-order valence-electron chi connectivity index (χ0n) is 12.0. The monoisotopic (exact) mass is 285 g/mol. The SMILES string of the molecule is CCNc1ncc(F)c(Cc2nc3ccccc3n2C)n1. The van der Waals surface area contributed by atoms with Crippen molar-refractivity contribution in [3.05, 3.63) is 47.8 Å². The van der Waals surface area contributed by atoms with E-state index in [0.717, 1.165) is 16.9 Å². The van der Waals surface area contributed by atoms with E-state index in [9.17, 15) is 4.39 Å². The molecule has 0 unspecified atom stereocenters. The van der Waals surface area contributed by atoms with Crippen LogP contribution in [-0.4, -0.2) is 26.1 Å². The molecule has 0 saturated carbocycles. The van der Waals surface area contributed by atoms with Gasteiger partial charge in [0.2, 0.25) is 5.95 Å². The number of anilines is 1. The Morgan fingerprint density at radius 3 is 2.81 bits per heavy atom. The molecule has 1 N–H and O–H groups in total. The Bertz CT molecular complexity index is 781. The number of nitrogens with zero attached hydrogens (tertiary/aromatic N) is 4. The molecular weight excluding hydrogens is 269 g/mol. The van der Waals surface area contributed by atoms with E-state index >= 15 is 0 Å². The van der Waals surface area contributed by atoms with Crippen LogP contribution in [0.1, 0.15) is 18.4 Å². The smallest absolute Gasteiger partial charge is 0.223 e. The van der Waals surface area contributed by atoms with E-state index in [1.807, 2.05) is 42.8 Å². The van der Waals surface area contributed by atoms with E-state index in [4.69, 9.17) is 0 Å². The minimum atomic E-state index is -0.413. The summed E-state index contributed by atoms with van der Waals surface area (Å²) in [5.74, 6) is 0.799. The van der Waals surface area contributed by atoms with Crippen LogP contribution in [0.5, 0.6) is 0 Å². The van der Waals surface area contributed by atoms with Gasteiger partial charge in [0.15, 0.2) is 5.82 Å². The third-order valence-electron chi connectivity index (χ3n) is 3.36. The molecule has 0 bridgehead atoms. The van der Waals surface area contributed by atoms with E-state index in [0.29, 0.717) is 24.6 Å². The van der Waals surface area contributed by atoms with Gasteiger partial charge in [-0.05, 0) is 19.1 Å². The number of aryl methyl sites for hydroxylation is 1.